The number of hydrogen-bond acceptors (Lipinski definition) is 3. The van der Waals surface area contributed by atoms with Gasteiger partial charge in [-0.1, -0.05) is 18.6 Å². The lowest BCUT2D eigenvalue weighted by Crippen LogP contribution is -2.50. The third-order valence-electron chi connectivity index (χ3n) is 5.54. The number of hydrogen-bond donors (Lipinski definition) is 1. The van der Waals surface area contributed by atoms with Crippen molar-refractivity contribution in [1.29, 1.82) is 0 Å². The molecule has 5 heteroatoms. The summed E-state index contributed by atoms with van der Waals surface area (Å²) in [6.07, 6.45) is 6.02. The second-order valence-electron chi connectivity index (χ2n) is 6.89. The van der Waals surface area contributed by atoms with Gasteiger partial charge in [-0.15, -0.1) is 0 Å². The van der Waals surface area contributed by atoms with E-state index in [0.717, 1.165) is 6.42 Å². The normalized spacial score (nSPS) is 25.4. The van der Waals surface area contributed by atoms with Crippen LogP contribution in [0.25, 0.3) is 10.9 Å². The first kappa shape index (κ1) is 14.7. The fraction of sp³-hybridized carbons (Fsp3) is 0.556. The summed E-state index contributed by atoms with van der Waals surface area (Å²) in [5, 5.41) is 0.600. The average Bonchev–Trinajstić information content (AvgIpc) is 2.59. The SMILES string of the molecule is O=c1[nH]c2ccccc2c(=O)n1C[C@@H]1CCCN2CCCC[C@H]12. The van der Waals surface area contributed by atoms with Gasteiger partial charge < -0.3 is 9.88 Å². The van der Waals surface area contributed by atoms with E-state index in [1.807, 2.05) is 12.1 Å². The van der Waals surface area contributed by atoms with Gasteiger partial charge in [0.05, 0.1) is 10.9 Å². The van der Waals surface area contributed by atoms with Crippen LogP contribution in [0.15, 0.2) is 33.9 Å². The maximum Gasteiger partial charge on any atom is 0.328 e. The zero-order chi connectivity index (χ0) is 15.8. The minimum atomic E-state index is -0.276. The van der Waals surface area contributed by atoms with Crippen molar-refractivity contribution >= 4 is 10.9 Å². The Bertz CT molecular complexity index is 821. The summed E-state index contributed by atoms with van der Waals surface area (Å²) >= 11 is 0. The fourth-order valence-electron chi connectivity index (χ4n) is 4.39. The molecule has 0 saturated carbocycles. The maximum absolute atomic E-state index is 12.7. The summed E-state index contributed by atoms with van der Waals surface area (Å²) in [7, 11) is 0. The van der Waals surface area contributed by atoms with Crippen LogP contribution in [0.3, 0.4) is 0 Å². The first-order valence-electron chi connectivity index (χ1n) is 8.70. The van der Waals surface area contributed by atoms with Crippen LogP contribution in [0.4, 0.5) is 0 Å². The first-order chi connectivity index (χ1) is 11.2. The summed E-state index contributed by atoms with van der Waals surface area (Å²) in [5.41, 5.74) is 0.195. The molecular formula is C18H23N3O2. The quantitative estimate of drug-likeness (QED) is 0.922. The Morgan fingerprint density at radius 1 is 1.04 bits per heavy atom. The molecule has 2 aliphatic rings. The lowest BCUT2D eigenvalue weighted by atomic mass is 9.83. The molecular weight excluding hydrogens is 290 g/mol. The summed E-state index contributed by atoms with van der Waals surface area (Å²) in [6, 6.07) is 7.79. The third-order valence-corrected chi connectivity index (χ3v) is 5.54. The van der Waals surface area contributed by atoms with Crippen molar-refractivity contribution < 1.29 is 0 Å². The second-order valence-corrected chi connectivity index (χ2v) is 6.89. The van der Waals surface area contributed by atoms with Crippen LogP contribution in [0.1, 0.15) is 32.1 Å². The molecule has 0 spiro atoms. The van der Waals surface area contributed by atoms with Gasteiger partial charge in [0.25, 0.3) is 5.56 Å². The number of aromatic amines is 1. The summed E-state index contributed by atoms with van der Waals surface area (Å²) in [4.78, 5) is 30.5. The highest BCUT2D eigenvalue weighted by Gasteiger charge is 2.33. The third kappa shape index (κ3) is 2.63. The molecule has 122 valence electrons. The molecule has 0 aliphatic carbocycles. The summed E-state index contributed by atoms with van der Waals surface area (Å²) in [5.74, 6) is 0.406. The van der Waals surface area contributed by atoms with E-state index in [1.54, 1.807) is 12.1 Å². The molecule has 0 bridgehead atoms. The van der Waals surface area contributed by atoms with Crippen LogP contribution in [0.5, 0.6) is 0 Å². The highest BCUT2D eigenvalue weighted by molar-refractivity contribution is 5.76. The molecule has 2 fully saturated rings. The first-order valence-corrected chi connectivity index (χ1v) is 8.70. The molecule has 2 saturated heterocycles. The molecule has 0 unspecified atom stereocenters. The number of nitrogens with one attached hydrogen (secondary N) is 1. The van der Waals surface area contributed by atoms with Gasteiger partial charge in [-0.05, 0) is 56.8 Å². The molecule has 5 nitrogen and oxygen atoms in total. The predicted octanol–water partition coefficient (Wildman–Crippen LogP) is 1.95. The Morgan fingerprint density at radius 2 is 1.87 bits per heavy atom. The topological polar surface area (TPSA) is 58.1 Å². The van der Waals surface area contributed by atoms with Crippen LogP contribution in [0, 0.1) is 5.92 Å². The lowest BCUT2D eigenvalue weighted by Gasteiger charge is -2.44. The molecule has 2 atom stereocenters. The van der Waals surface area contributed by atoms with E-state index < -0.39 is 0 Å². The van der Waals surface area contributed by atoms with E-state index in [9.17, 15) is 9.59 Å². The van der Waals surface area contributed by atoms with Gasteiger partial charge in [0, 0.05) is 12.6 Å². The molecule has 3 heterocycles. The van der Waals surface area contributed by atoms with Crippen molar-refractivity contribution in [3.63, 3.8) is 0 Å². The van der Waals surface area contributed by atoms with E-state index in [0.29, 0.717) is 29.4 Å². The van der Waals surface area contributed by atoms with Crippen LogP contribution in [0.2, 0.25) is 0 Å². The molecule has 0 amide bonds. The molecule has 2 aromatic rings. The average molecular weight is 313 g/mol. The Labute approximate surface area is 134 Å². The second kappa shape index (κ2) is 5.96. The van der Waals surface area contributed by atoms with E-state index in [1.165, 1.54) is 43.3 Å². The number of aromatic nitrogens is 2. The van der Waals surface area contributed by atoms with E-state index in [2.05, 4.69) is 9.88 Å². The van der Waals surface area contributed by atoms with Crippen molar-refractivity contribution in [2.75, 3.05) is 13.1 Å². The zero-order valence-electron chi connectivity index (χ0n) is 13.3. The molecule has 2 aliphatic heterocycles. The fourth-order valence-corrected chi connectivity index (χ4v) is 4.39. The van der Waals surface area contributed by atoms with Gasteiger partial charge >= 0.3 is 5.69 Å². The van der Waals surface area contributed by atoms with Gasteiger partial charge in [0.2, 0.25) is 0 Å². The molecule has 0 radical (unpaired) electrons. The summed E-state index contributed by atoms with van der Waals surface area (Å²) in [6.45, 7) is 2.88. The number of nitrogens with zero attached hydrogens (tertiary/aromatic N) is 2. The van der Waals surface area contributed by atoms with Crippen molar-refractivity contribution in [2.45, 2.75) is 44.7 Å². The Hall–Kier alpha value is -1.88. The van der Waals surface area contributed by atoms with Crippen LogP contribution in [-0.2, 0) is 6.54 Å². The number of fused-ring (bicyclic) bond motifs is 2. The molecule has 1 N–H and O–H groups in total. The minimum Gasteiger partial charge on any atom is -0.307 e. The van der Waals surface area contributed by atoms with Crippen molar-refractivity contribution in [1.82, 2.24) is 14.5 Å². The maximum atomic E-state index is 12.7. The van der Waals surface area contributed by atoms with Gasteiger partial charge in [0.1, 0.15) is 0 Å². The van der Waals surface area contributed by atoms with Gasteiger partial charge in [-0.25, -0.2) is 4.79 Å². The highest BCUT2D eigenvalue weighted by Crippen LogP contribution is 2.31. The summed E-state index contributed by atoms with van der Waals surface area (Å²) < 4.78 is 1.42. The monoisotopic (exact) mass is 313 g/mol. The van der Waals surface area contributed by atoms with E-state index >= 15 is 0 Å². The van der Waals surface area contributed by atoms with Gasteiger partial charge in [0.15, 0.2) is 0 Å². The highest BCUT2D eigenvalue weighted by atomic mass is 16.2. The van der Waals surface area contributed by atoms with Gasteiger partial charge in [-0.2, -0.15) is 0 Å². The minimum absolute atomic E-state index is 0.155. The number of rotatable bonds is 2. The largest absolute Gasteiger partial charge is 0.328 e. The molecule has 1 aromatic heterocycles. The Morgan fingerprint density at radius 3 is 2.78 bits per heavy atom. The number of H-pyrrole nitrogens is 1. The van der Waals surface area contributed by atoms with E-state index in [4.69, 9.17) is 0 Å². The van der Waals surface area contributed by atoms with E-state index in [-0.39, 0.29) is 11.2 Å². The Kier molecular flexibility index (Phi) is 3.81. The smallest absolute Gasteiger partial charge is 0.307 e. The molecule has 4 rings (SSSR count). The van der Waals surface area contributed by atoms with Gasteiger partial charge in [-0.3, -0.25) is 9.36 Å². The van der Waals surface area contributed by atoms with Crippen molar-refractivity contribution in [2.24, 2.45) is 5.92 Å². The number of benzene rings is 1. The standard InChI is InChI=1S/C18H23N3O2/c22-17-14-7-1-2-8-15(14)19-18(23)21(17)12-13-6-5-11-20-10-4-3-9-16(13)20/h1-2,7-8,13,16H,3-6,9-12H2,(H,19,23)/t13-,16+/m0/s1. The van der Waals surface area contributed by atoms with Crippen LogP contribution in [-0.4, -0.2) is 33.6 Å². The Balaban J connectivity index is 1.69. The number of piperidine rings is 2. The lowest BCUT2D eigenvalue weighted by molar-refractivity contribution is 0.0510. The molecule has 1 aromatic carbocycles. The van der Waals surface area contributed by atoms with Crippen LogP contribution < -0.4 is 11.2 Å². The van der Waals surface area contributed by atoms with Crippen molar-refractivity contribution in [3.05, 3.63) is 45.1 Å². The predicted molar refractivity (Wildman–Crippen MR) is 90.8 cm³/mol. The van der Waals surface area contributed by atoms with Crippen LogP contribution >= 0.6 is 0 Å². The number of para-hydroxylation sites is 1. The zero-order valence-corrected chi connectivity index (χ0v) is 13.3. The van der Waals surface area contributed by atoms with Crippen molar-refractivity contribution in [3.8, 4) is 0 Å². The molecule has 23 heavy (non-hydrogen) atoms.